The number of aliphatic carboxylic acids is 1. The lowest BCUT2D eigenvalue weighted by Gasteiger charge is -2.33. The molecule has 1 aromatic rings. The fourth-order valence-electron chi connectivity index (χ4n) is 2.42. The van der Waals surface area contributed by atoms with Crippen molar-refractivity contribution in [3.05, 3.63) is 35.9 Å². The third-order valence-corrected chi connectivity index (χ3v) is 3.84. The average Bonchev–Trinajstić information content (AvgIpc) is 2.49. The molecule has 21 heavy (non-hydrogen) atoms. The van der Waals surface area contributed by atoms with Gasteiger partial charge in [0.1, 0.15) is 12.1 Å². The van der Waals surface area contributed by atoms with Crippen molar-refractivity contribution in [1.29, 1.82) is 0 Å². The van der Waals surface area contributed by atoms with E-state index >= 15 is 0 Å². The van der Waals surface area contributed by atoms with Crippen LogP contribution in [-0.4, -0.2) is 28.7 Å². The van der Waals surface area contributed by atoms with Crippen molar-refractivity contribution in [1.82, 2.24) is 5.32 Å². The van der Waals surface area contributed by atoms with E-state index < -0.39 is 17.6 Å². The summed E-state index contributed by atoms with van der Waals surface area (Å²) in [4.78, 5) is 22.7. The minimum Gasteiger partial charge on any atom is -0.480 e. The minimum atomic E-state index is -1.16. The van der Waals surface area contributed by atoms with Crippen LogP contribution in [0, 0.1) is 0 Å². The molecule has 0 heterocycles. The van der Waals surface area contributed by atoms with Crippen LogP contribution >= 0.6 is 0 Å². The van der Waals surface area contributed by atoms with E-state index in [0.717, 1.165) is 5.56 Å². The zero-order chi connectivity index (χ0) is 15.3. The molecule has 1 fully saturated rings. The van der Waals surface area contributed by atoms with Crippen LogP contribution < -0.4 is 11.1 Å². The first-order valence-corrected chi connectivity index (χ1v) is 6.99. The molecule has 0 spiro atoms. The molecule has 0 aliphatic heterocycles. The maximum absolute atomic E-state index is 11.7. The lowest BCUT2D eigenvalue weighted by molar-refractivity contribution is -0.144. The Morgan fingerprint density at radius 3 is 2.48 bits per heavy atom. The molecule has 114 valence electrons. The number of carboxylic acid groups (broad SMARTS) is 1. The second-order valence-corrected chi connectivity index (χ2v) is 5.44. The number of alkyl carbamates (subject to hydrolysis) is 1. The van der Waals surface area contributed by atoms with Gasteiger partial charge in [-0.2, -0.15) is 0 Å². The van der Waals surface area contributed by atoms with E-state index in [-0.39, 0.29) is 12.6 Å². The minimum absolute atomic E-state index is 0.0794. The highest BCUT2D eigenvalue weighted by Gasteiger charge is 2.38. The van der Waals surface area contributed by atoms with Crippen molar-refractivity contribution in [3.63, 3.8) is 0 Å². The van der Waals surface area contributed by atoms with Gasteiger partial charge in [0.2, 0.25) is 0 Å². The highest BCUT2D eigenvalue weighted by Crippen LogP contribution is 2.26. The molecule has 0 radical (unpaired) electrons. The Balaban J connectivity index is 1.73. The quantitative estimate of drug-likeness (QED) is 0.783. The first-order chi connectivity index (χ1) is 9.99. The Morgan fingerprint density at radius 2 is 1.90 bits per heavy atom. The highest BCUT2D eigenvalue weighted by atomic mass is 16.5. The van der Waals surface area contributed by atoms with E-state index in [4.69, 9.17) is 15.6 Å². The van der Waals surface area contributed by atoms with Gasteiger partial charge in [0.05, 0.1) is 0 Å². The maximum Gasteiger partial charge on any atom is 0.407 e. The van der Waals surface area contributed by atoms with Gasteiger partial charge in [-0.05, 0) is 31.2 Å². The molecule has 6 nitrogen and oxygen atoms in total. The Hall–Kier alpha value is -2.08. The third-order valence-electron chi connectivity index (χ3n) is 3.84. The molecule has 1 saturated carbocycles. The van der Waals surface area contributed by atoms with Crippen LogP contribution in [0.25, 0.3) is 0 Å². The molecule has 0 bridgehead atoms. The Labute approximate surface area is 123 Å². The van der Waals surface area contributed by atoms with Gasteiger partial charge in [-0.3, -0.25) is 4.79 Å². The first-order valence-electron chi connectivity index (χ1n) is 6.99. The van der Waals surface area contributed by atoms with Crippen molar-refractivity contribution in [2.45, 2.75) is 43.9 Å². The van der Waals surface area contributed by atoms with Crippen molar-refractivity contribution in [2.75, 3.05) is 0 Å². The predicted molar refractivity (Wildman–Crippen MR) is 76.6 cm³/mol. The molecule has 0 saturated heterocycles. The number of carbonyl (C=O) groups excluding carboxylic acids is 1. The van der Waals surface area contributed by atoms with E-state index in [0.29, 0.717) is 25.7 Å². The summed E-state index contributed by atoms with van der Waals surface area (Å²) in [6.07, 6.45) is 1.31. The molecular weight excluding hydrogens is 272 g/mol. The van der Waals surface area contributed by atoms with Gasteiger partial charge >= 0.3 is 12.1 Å². The van der Waals surface area contributed by atoms with Crippen LogP contribution in [0.3, 0.4) is 0 Å². The number of benzene rings is 1. The lowest BCUT2D eigenvalue weighted by atomic mass is 9.80. The molecule has 0 aromatic heterocycles. The maximum atomic E-state index is 11.7. The van der Waals surface area contributed by atoms with Crippen LogP contribution in [0.1, 0.15) is 31.2 Å². The van der Waals surface area contributed by atoms with E-state index in [9.17, 15) is 9.59 Å². The molecule has 1 aliphatic rings. The van der Waals surface area contributed by atoms with Crippen molar-refractivity contribution >= 4 is 12.1 Å². The largest absolute Gasteiger partial charge is 0.480 e. The van der Waals surface area contributed by atoms with Crippen LogP contribution in [0.5, 0.6) is 0 Å². The van der Waals surface area contributed by atoms with E-state index in [1.54, 1.807) is 0 Å². The topological polar surface area (TPSA) is 102 Å². The summed E-state index contributed by atoms with van der Waals surface area (Å²) in [7, 11) is 0. The van der Waals surface area contributed by atoms with E-state index in [1.807, 2.05) is 30.3 Å². The van der Waals surface area contributed by atoms with Gasteiger partial charge in [-0.1, -0.05) is 30.3 Å². The zero-order valence-electron chi connectivity index (χ0n) is 11.7. The second-order valence-electron chi connectivity index (χ2n) is 5.44. The van der Waals surface area contributed by atoms with Crippen LogP contribution in [-0.2, 0) is 16.1 Å². The highest BCUT2D eigenvalue weighted by molar-refractivity contribution is 5.78. The molecule has 0 atom stereocenters. The number of carbonyl (C=O) groups is 2. The summed E-state index contributed by atoms with van der Waals surface area (Å²) < 4.78 is 5.13. The van der Waals surface area contributed by atoms with Crippen LogP contribution in [0.4, 0.5) is 4.79 Å². The van der Waals surface area contributed by atoms with Gasteiger partial charge in [0.25, 0.3) is 0 Å². The summed E-state index contributed by atoms with van der Waals surface area (Å²) in [5, 5.41) is 11.8. The summed E-state index contributed by atoms with van der Waals surface area (Å²) >= 11 is 0. The SMILES string of the molecule is NC1(C(=O)O)CCC(NC(=O)OCc2ccccc2)CC1. The summed E-state index contributed by atoms with van der Waals surface area (Å²) in [5.74, 6) is -0.979. The van der Waals surface area contributed by atoms with Crippen LogP contribution in [0.2, 0.25) is 0 Å². The fraction of sp³-hybridized carbons (Fsp3) is 0.467. The smallest absolute Gasteiger partial charge is 0.407 e. The molecule has 4 N–H and O–H groups in total. The first kappa shape index (κ1) is 15.3. The van der Waals surface area contributed by atoms with Gasteiger partial charge < -0.3 is 20.9 Å². The molecule has 1 aromatic carbocycles. The Bertz CT molecular complexity index is 496. The van der Waals surface area contributed by atoms with Gasteiger partial charge in [-0.15, -0.1) is 0 Å². The Kier molecular flexibility index (Phi) is 4.80. The van der Waals surface area contributed by atoms with Gasteiger partial charge in [-0.25, -0.2) is 4.79 Å². The summed E-state index contributed by atoms with van der Waals surface area (Å²) in [6.45, 7) is 0.218. The lowest BCUT2D eigenvalue weighted by Crippen LogP contribution is -2.53. The fourth-order valence-corrected chi connectivity index (χ4v) is 2.42. The number of ether oxygens (including phenoxy) is 1. The number of nitrogens with one attached hydrogen (secondary N) is 1. The number of nitrogens with two attached hydrogens (primary N) is 1. The molecular formula is C15H20N2O4. The third kappa shape index (κ3) is 4.19. The molecule has 1 aliphatic carbocycles. The Morgan fingerprint density at radius 1 is 1.29 bits per heavy atom. The monoisotopic (exact) mass is 292 g/mol. The number of carboxylic acids is 1. The van der Waals surface area contributed by atoms with Crippen molar-refractivity contribution in [3.8, 4) is 0 Å². The molecule has 1 amide bonds. The molecule has 2 rings (SSSR count). The van der Waals surface area contributed by atoms with Gasteiger partial charge in [0.15, 0.2) is 0 Å². The number of hydrogen-bond acceptors (Lipinski definition) is 4. The average molecular weight is 292 g/mol. The standard InChI is InChI=1S/C15H20N2O4/c16-15(13(18)19)8-6-12(7-9-15)17-14(20)21-10-11-4-2-1-3-5-11/h1-5,12H,6-10,16H2,(H,17,20)(H,18,19). The molecule has 6 heteroatoms. The predicted octanol–water partition coefficient (Wildman–Crippen LogP) is 1.64. The number of hydrogen-bond donors (Lipinski definition) is 3. The van der Waals surface area contributed by atoms with Crippen LogP contribution in [0.15, 0.2) is 30.3 Å². The number of rotatable bonds is 4. The van der Waals surface area contributed by atoms with Crippen molar-refractivity contribution < 1.29 is 19.4 Å². The van der Waals surface area contributed by atoms with E-state index in [1.165, 1.54) is 0 Å². The summed E-state index contributed by atoms with van der Waals surface area (Å²) in [6, 6.07) is 9.33. The van der Waals surface area contributed by atoms with Crippen molar-refractivity contribution in [2.24, 2.45) is 5.73 Å². The van der Waals surface area contributed by atoms with Gasteiger partial charge in [0, 0.05) is 6.04 Å². The second kappa shape index (κ2) is 6.58. The normalized spacial score (nSPS) is 25.1. The zero-order valence-corrected chi connectivity index (χ0v) is 11.7. The number of amides is 1. The van der Waals surface area contributed by atoms with E-state index in [2.05, 4.69) is 5.32 Å². The summed E-state index contributed by atoms with van der Waals surface area (Å²) in [5.41, 5.74) is 5.55. The molecule has 0 unspecified atom stereocenters.